The third-order valence-electron chi connectivity index (χ3n) is 4.79. The van der Waals surface area contributed by atoms with Crippen LogP contribution in [-0.4, -0.2) is 37.0 Å². The number of aryl methyl sites for hydroxylation is 2. The van der Waals surface area contributed by atoms with Gasteiger partial charge in [0.25, 0.3) is 0 Å². The molecule has 2 aromatic carbocycles. The molecule has 0 unspecified atom stereocenters. The van der Waals surface area contributed by atoms with Crippen LogP contribution in [0.25, 0.3) is 0 Å². The molecule has 1 amide bonds. The summed E-state index contributed by atoms with van der Waals surface area (Å²) in [6.45, 7) is 7.65. The van der Waals surface area contributed by atoms with Crippen LogP contribution >= 0.6 is 15.9 Å². The summed E-state index contributed by atoms with van der Waals surface area (Å²) < 4.78 is 1.01. The Morgan fingerprint density at radius 3 is 2.38 bits per heavy atom. The van der Waals surface area contributed by atoms with E-state index in [0.717, 1.165) is 36.2 Å². The molecule has 0 bridgehead atoms. The van der Waals surface area contributed by atoms with Crippen molar-refractivity contribution in [1.29, 1.82) is 0 Å². The topological polar surface area (TPSA) is 23.6 Å². The Morgan fingerprint density at radius 2 is 1.71 bits per heavy atom. The second kappa shape index (κ2) is 7.39. The molecule has 126 valence electrons. The Bertz CT molecular complexity index is 736. The summed E-state index contributed by atoms with van der Waals surface area (Å²) in [5, 5.41) is 0. The molecule has 1 heterocycles. The van der Waals surface area contributed by atoms with Crippen molar-refractivity contribution in [2.24, 2.45) is 0 Å². The fourth-order valence-corrected chi connectivity index (χ4v) is 3.48. The van der Waals surface area contributed by atoms with Gasteiger partial charge in [0.05, 0.1) is 6.42 Å². The van der Waals surface area contributed by atoms with Gasteiger partial charge in [-0.2, -0.15) is 0 Å². The molecule has 1 fully saturated rings. The number of piperazine rings is 1. The summed E-state index contributed by atoms with van der Waals surface area (Å²) >= 11 is 3.52. The lowest BCUT2D eigenvalue weighted by Crippen LogP contribution is -2.49. The lowest BCUT2D eigenvalue weighted by molar-refractivity contribution is -0.130. The Morgan fingerprint density at radius 1 is 1.00 bits per heavy atom. The fraction of sp³-hybridized carbons (Fsp3) is 0.350. The summed E-state index contributed by atoms with van der Waals surface area (Å²) in [6, 6.07) is 14.5. The molecule has 0 N–H and O–H groups in total. The van der Waals surface area contributed by atoms with Gasteiger partial charge in [0, 0.05) is 36.3 Å². The zero-order valence-electron chi connectivity index (χ0n) is 14.3. The number of hydrogen-bond acceptors (Lipinski definition) is 2. The first-order valence-electron chi connectivity index (χ1n) is 8.38. The Balaban J connectivity index is 1.59. The van der Waals surface area contributed by atoms with Gasteiger partial charge in [-0.15, -0.1) is 0 Å². The van der Waals surface area contributed by atoms with E-state index >= 15 is 0 Å². The van der Waals surface area contributed by atoms with Crippen molar-refractivity contribution in [2.45, 2.75) is 20.3 Å². The van der Waals surface area contributed by atoms with Crippen LogP contribution in [0.3, 0.4) is 0 Å². The summed E-state index contributed by atoms with van der Waals surface area (Å²) in [7, 11) is 0. The monoisotopic (exact) mass is 386 g/mol. The van der Waals surface area contributed by atoms with E-state index in [1.54, 1.807) is 0 Å². The first-order valence-corrected chi connectivity index (χ1v) is 9.17. The molecule has 2 aromatic rings. The molecule has 4 heteroatoms. The summed E-state index contributed by atoms with van der Waals surface area (Å²) in [5.74, 6) is 0.210. The van der Waals surface area contributed by atoms with Crippen molar-refractivity contribution in [3.63, 3.8) is 0 Å². The van der Waals surface area contributed by atoms with E-state index in [1.807, 2.05) is 29.2 Å². The number of nitrogens with zero attached hydrogens (tertiary/aromatic N) is 2. The van der Waals surface area contributed by atoms with Crippen molar-refractivity contribution in [2.75, 3.05) is 31.1 Å². The zero-order chi connectivity index (χ0) is 17.1. The highest BCUT2D eigenvalue weighted by molar-refractivity contribution is 9.10. The number of carbonyl (C=O) groups excluding carboxylic acids is 1. The summed E-state index contributed by atoms with van der Waals surface area (Å²) in [6.07, 6.45) is 0.463. The molecule has 0 atom stereocenters. The van der Waals surface area contributed by atoms with E-state index in [-0.39, 0.29) is 5.91 Å². The number of anilines is 1. The Kier molecular flexibility index (Phi) is 5.24. The van der Waals surface area contributed by atoms with Gasteiger partial charge >= 0.3 is 0 Å². The van der Waals surface area contributed by atoms with Crippen LogP contribution in [-0.2, 0) is 11.2 Å². The number of amides is 1. The third kappa shape index (κ3) is 3.81. The quantitative estimate of drug-likeness (QED) is 0.796. The second-order valence-corrected chi connectivity index (χ2v) is 7.26. The van der Waals surface area contributed by atoms with E-state index in [1.165, 1.54) is 16.8 Å². The molecular formula is C20H23BrN2O. The van der Waals surface area contributed by atoms with Crippen molar-refractivity contribution < 1.29 is 4.79 Å². The van der Waals surface area contributed by atoms with Crippen LogP contribution in [0.4, 0.5) is 5.69 Å². The normalized spacial score (nSPS) is 14.8. The number of carbonyl (C=O) groups is 1. The first kappa shape index (κ1) is 17.0. The van der Waals surface area contributed by atoms with E-state index < -0.39 is 0 Å². The standard InChI is InChI=1S/C20H23BrN2O/c1-15-7-8-18(13-16(15)2)22-9-11-23(12-10-22)20(24)14-17-5-3-4-6-19(17)21/h3-8,13H,9-12,14H2,1-2H3. The van der Waals surface area contributed by atoms with Gasteiger partial charge in [-0.05, 0) is 48.7 Å². The fourth-order valence-electron chi connectivity index (χ4n) is 3.05. The first-order chi connectivity index (χ1) is 11.5. The van der Waals surface area contributed by atoms with Gasteiger partial charge in [0.1, 0.15) is 0 Å². The minimum atomic E-state index is 0.210. The van der Waals surface area contributed by atoms with Crippen LogP contribution in [0.2, 0.25) is 0 Å². The Labute approximate surface area is 152 Å². The minimum Gasteiger partial charge on any atom is -0.368 e. The molecule has 0 saturated carbocycles. The molecule has 3 nitrogen and oxygen atoms in total. The highest BCUT2D eigenvalue weighted by Gasteiger charge is 2.22. The molecule has 0 radical (unpaired) electrons. The third-order valence-corrected chi connectivity index (χ3v) is 5.56. The van der Waals surface area contributed by atoms with Crippen LogP contribution in [0.15, 0.2) is 46.9 Å². The average molecular weight is 387 g/mol. The molecular weight excluding hydrogens is 364 g/mol. The number of hydrogen-bond donors (Lipinski definition) is 0. The predicted octanol–water partition coefficient (Wildman–Crippen LogP) is 3.96. The van der Waals surface area contributed by atoms with Crippen LogP contribution in [0, 0.1) is 13.8 Å². The second-order valence-electron chi connectivity index (χ2n) is 6.40. The van der Waals surface area contributed by atoms with Crippen LogP contribution in [0.5, 0.6) is 0 Å². The maximum atomic E-state index is 12.5. The number of rotatable bonds is 3. The number of benzene rings is 2. The van der Waals surface area contributed by atoms with Gasteiger partial charge in [-0.3, -0.25) is 4.79 Å². The number of halogens is 1. The van der Waals surface area contributed by atoms with Gasteiger partial charge in [0.15, 0.2) is 0 Å². The average Bonchev–Trinajstić information content (AvgIpc) is 2.59. The molecule has 0 aliphatic carbocycles. The summed E-state index contributed by atoms with van der Waals surface area (Å²) in [5.41, 5.74) is 4.95. The maximum Gasteiger partial charge on any atom is 0.227 e. The minimum absolute atomic E-state index is 0.210. The van der Waals surface area contributed by atoms with Crippen molar-refractivity contribution in [1.82, 2.24) is 4.90 Å². The van der Waals surface area contributed by atoms with Crippen molar-refractivity contribution in [3.05, 3.63) is 63.6 Å². The largest absolute Gasteiger partial charge is 0.368 e. The van der Waals surface area contributed by atoms with Gasteiger partial charge in [0.2, 0.25) is 5.91 Å². The highest BCUT2D eigenvalue weighted by Crippen LogP contribution is 2.21. The predicted molar refractivity (Wildman–Crippen MR) is 103 cm³/mol. The smallest absolute Gasteiger partial charge is 0.227 e. The SMILES string of the molecule is Cc1ccc(N2CCN(C(=O)Cc3ccccc3Br)CC2)cc1C. The molecule has 1 aliphatic heterocycles. The van der Waals surface area contributed by atoms with Crippen LogP contribution in [0.1, 0.15) is 16.7 Å². The lowest BCUT2D eigenvalue weighted by Gasteiger charge is -2.36. The van der Waals surface area contributed by atoms with E-state index in [4.69, 9.17) is 0 Å². The van der Waals surface area contributed by atoms with E-state index in [0.29, 0.717) is 6.42 Å². The van der Waals surface area contributed by atoms with Gasteiger partial charge < -0.3 is 9.80 Å². The molecule has 0 aromatic heterocycles. The molecule has 24 heavy (non-hydrogen) atoms. The van der Waals surface area contributed by atoms with Gasteiger partial charge in [-0.1, -0.05) is 40.2 Å². The van der Waals surface area contributed by atoms with Crippen molar-refractivity contribution >= 4 is 27.5 Å². The van der Waals surface area contributed by atoms with Crippen molar-refractivity contribution in [3.8, 4) is 0 Å². The highest BCUT2D eigenvalue weighted by atomic mass is 79.9. The molecule has 1 aliphatic rings. The van der Waals surface area contributed by atoms with Gasteiger partial charge in [-0.25, -0.2) is 0 Å². The maximum absolute atomic E-state index is 12.5. The lowest BCUT2D eigenvalue weighted by atomic mass is 10.1. The molecule has 1 saturated heterocycles. The Hall–Kier alpha value is -1.81. The molecule has 0 spiro atoms. The zero-order valence-corrected chi connectivity index (χ0v) is 15.8. The summed E-state index contributed by atoms with van der Waals surface area (Å²) in [4.78, 5) is 16.9. The van der Waals surface area contributed by atoms with E-state index in [2.05, 4.69) is 52.9 Å². The van der Waals surface area contributed by atoms with E-state index in [9.17, 15) is 4.79 Å². The molecule has 3 rings (SSSR count). The van der Waals surface area contributed by atoms with Crippen LogP contribution < -0.4 is 4.90 Å².